The van der Waals surface area contributed by atoms with Crippen LogP contribution in [0.5, 0.6) is 0 Å². The zero-order valence-electron chi connectivity index (χ0n) is 19.0. The van der Waals surface area contributed by atoms with Crippen molar-refractivity contribution in [2.75, 3.05) is 22.5 Å². The van der Waals surface area contributed by atoms with Crippen molar-refractivity contribution in [3.05, 3.63) is 51.7 Å². The number of nitrogen functional groups attached to an aromatic ring is 1. The summed E-state index contributed by atoms with van der Waals surface area (Å²) in [7, 11) is 0. The lowest BCUT2D eigenvalue weighted by Crippen LogP contribution is -2.38. The van der Waals surface area contributed by atoms with Gasteiger partial charge < -0.3 is 20.7 Å². The van der Waals surface area contributed by atoms with Crippen LogP contribution in [0, 0.1) is 5.92 Å². The summed E-state index contributed by atoms with van der Waals surface area (Å²) in [6, 6.07) is 6.53. The molecule has 1 spiro atoms. The van der Waals surface area contributed by atoms with E-state index in [0.717, 1.165) is 76.9 Å². The van der Waals surface area contributed by atoms with Crippen LogP contribution in [0.2, 0.25) is 5.02 Å². The molecule has 2 atom stereocenters. The van der Waals surface area contributed by atoms with E-state index in [2.05, 4.69) is 34.3 Å². The minimum Gasteiger partial charge on any atom is -0.383 e. The standard InChI is InChI=1S/C26H26ClN5O2/c1-13-2-3-21(14-6-18-23(19(27)7-14)31-25(33)26(18)4-5-26)32(10-13)22-8-15-16-11-34-12-17(16)24(28)30-20(15)9-29-22/h6-9,13,21H,2-5,10-12H2,1H3,(H2,28,30)(H,31,33). The van der Waals surface area contributed by atoms with Gasteiger partial charge in [-0.2, -0.15) is 0 Å². The number of nitrogens with zero attached hydrogens (tertiary/aromatic N) is 3. The first-order chi connectivity index (χ1) is 16.4. The zero-order valence-corrected chi connectivity index (χ0v) is 19.8. The Morgan fingerprint density at radius 3 is 2.85 bits per heavy atom. The molecule has 7 nitrogen and oxygen atoms in total. The minimum absolute atomic E-state index is 0.0923. The van der Waals surface area contributed by atoms with Crippen molar-refractivity contribution in [1.29, 1.82) is 0 Å². The molecule has 2 unspecified atom stereocenters. The van der Waals surface area contributed by atoms with Gasteiger partial charge in [-0.1, -0.05) is 24.6 Å². The number of carbonyl (C=O) groups is 1. The molecule has 34 heavy (non-hydrogen) atoms. The molecule has 1 aliphatic carbocycles. The quantitative estimate of drug-likeness (QED) is 0.550. The average Bonchev–Trinajstić information content (AvgIpc) is 3.38. The van der Waals surface area contributed by atoms with Crippen LogP contribution in [0.1, 0.15) is 60.9 Å². The number of nitrogens with two attached hydrogens (primary N) is 1. The molecule has 1 amide bonds. The van der Waals surface area contributed by atoms with Crippen molar-refractivity contribution in [3.63, 3.8) is 0 Å². The lowest BCUT2D eigenvalue weighted by molar-refractivity contribution is -0.117. The van der Waals surface area contributed by atoms with Crippen LogP contribution in [0.4, 0.5) is 17.3 Å². The Kier molecular flexibility index (Phi) is 4.25. The Morgan fingerprint density at radius 2 is 2.03 bits per heavy atom. The van der Waals surface area contributed by atoms with Gasteiger partial charge in [0, 0.05) is 17.5 Å². The maximum absolute atomic E-state index is 12.6. The number of hydrogen-bond acceptors (Lipinski definition) is 6. The lowest BCUT2D eigenvalue weighted by Gasteiger charge is -2.40. The number of fused-ring (bicyclic) bond motifs is 5. The fourth-order valence-electron chi connectivity index (χ4n) is 6.07. The van der Waals surface area contributed by atoms with Crippen molar-refractivity contribution < 1.29 is 9.53 Å². The van der Waals surface area contributed by atoms with Gasteiger partial charge in [-0.3, -0.25) is 4.79 Å². The molecule has 0 bridgehead atoms. The zero-order chi connectivity index (χ0) is 23.2. The van der Waals surface area contributed by atoms with Gasteiger partial charge in [0.25, 0.3) is 0 Å². The number of rotatable bonds is 2. The van der Waals surface area contributed by atoms with Gasteiger partial charge >= 0.3 is 0 Å². The molecule has 8 heteroatoms. The summed E-state index contributed by atoms with van der Waals surface area (Å²) >= 11 is 6.71. The van der Waals surface area contributed by atoms with Crippen LogP contribution in [-0.4, -0.2) is 22.4 Å². The van der Waals surface area contributed by atoms with Crippen LogP contribution in [0.3, 0.4) is 0 Å². The molecule has 174 valence electrons. The van der Waals surface area contributed by atoms with Crippen molar-refractivity contribution >= 4 is 45.7 Å². The molecule has 4 aliphatic rings. The topological polar surface area (TPSA) is 93.4 Å². The van der Waals surface area contributed by atoms with Crippen LogP contribution in [0.25, 0.3) is 10.9 Å². The van der Waals surface area contributed by atoms with Gasteiger partial charge in [-0.15, -0.1) is 0 Å². The predicted octanol–water partition coefficient (Wildman–Crippen LogP) is 4.86. The van der Waals surface area contributed by atoms with E-state index < -0.39 is 0 Å². The normalized spacial score (nSPS) is 24.4. The first-order valence-corrected chi connectivity index (χ1v) is 12.4. The highest BCUT2D eigenvalue weighted by molar-refractivity contribution is 6.35. The Labute approximate surface area is 202 Å². The van der Waals surface area contributed by atoms with E-state index in [1.165, 1.54) is 0 Å². The number of pyridine rings is 2. The second kappa shape index (κ2) is 7.06. The van der Waals surface area contributed by atoms with E-state index in [1.807, 2.05) is 12.3 Å². The summed E-state index contributed by atoms with van der Waals surface area (Å²) in [5, 5.41) is 4.71. The summed E-state index contributed by atoms with van der Waals surface area (Å²) in [4.78, 5) is 24.4. The molecule has 5 heterocycles. The fraction of sp³-hybridized carbons (Fsp3) is 0.423. The van der Waals surface area contributed by atoms with Crippen molar-refractivity contribution in [1.82, 2.24) is 9.97 Å². The molecule has 7 rings (SSSR count). The maximum atomic E-state index is 12.6. The Bertz CT molecular complexity index is 1390. The second-order valence-corrected chi connectivity index (χ2v) is 10.7. The highest BCUT2D eigenvalue weighted by Gasteiger charge is 2.57. The molecular formula is C26H26ClN5O2. The molecule has 1 saturated heterocycles. The van der Waals surface area contributed by atoms with E-state index in [4.69, 9.17) is 27.1 Å². The Balaban J connectivity index is 1.33. The van der Waals surface area contributed by atoms with Gasteiger partial charge in [-0.25, -0.2) is 9.97 Å². The number of anilines is 3. The van der Waals surface area contributed by atoms with Gasteiger partial charge in [0.05, 0.1) is 47.1 Å². The molecule has 0 radical (unpaired) electrons. The SMILES string of the molecule is CC1CCC(c2cc(Cl)c3c(c2)C2(CC2)C(=O)N3)N(c2cc3c4c(c(N)nc3cn2)COC4)C1. The number of aromatic nitrogens is 2. The van der Waals surface area contributed by atoms with Gasteiger partial charge in [-0.05, 0) is 60.4 Å². The molecule has 3 N–H and O–H groups in total. The van der Waals surface area contributed by atoms with Crippen LogP contribution < -0.4 is 16.0 Å². The maximum Gasteiger partial charge on any atom is 0.235 e. The van der Waals surface area contributed by atoms with Crippen LogP contribution in [0.15, 0.2) is 24.4 Å². The highest BCUT2D eigenvalue weighted by atomic mass is 35.5. The van der Waals surface area contributed by atoms with Gasteiger partial charge in [0.2, 0.25) is 5.91 Å². The number of ether oxygens (including phenoxy) is 1. The number of nitrogens with one attached hydrogen (secondary N) is 1. The minimum atomic E-state index is -0.366. The second-order valence-electron chi connectivity index (χ2n) is 10.3. The van der Waals surface area contributed by atoms with E-state index >= 15 is 0 Å². The summed E-state index contributed by atoms with van der Waals surface area (Å²) in [6.45, 7) is 4.25. The van der Waals surface area contributed by atoms with E-state index in [9.17, 15) is 4.79 Å². The number of amides is 1. The summed E-state index contributed by atoms with van der Waals surface area (Å²) < 4.78 is 5.68. The van der Waals surface area contributed by atoms with E-state index in [1.54, 1.807) is 0 Å². The van der Waals surface area contributed by atoms with Crippen molar-refractivity contribution in [2.45, 2.75) is 57.3 Å². The number of hydrogen-bond donors (Lipinski definition) is 2. The summed E-state index contributed by atoms with van der Waals surface area (Å²) in [6.07, 6.45) is 5.76. The Morgan fingerprint density at radius 1 is 1.21 bits per heavy atom. The number of piperidine rings is 1. The smallest absolute Gasteiger partial charge is 0.235 e. The fourth-order valence-corrected chi connectivity index (χ4v) is 6.35. The lowest BCUT2D eigenvalue weighted by atomic mass is 9.87. The molecule has 1 saturated carbocycles. The largest absolute Gasteiger partial charge is 0.383 e. The van der Waals surface area contributed by atoms with E-state index in [0.29, 0.717) is 30.0 Å². The third-order valence-electron chi connectivity index (χ3n) is 8.15. The molecule has 2 aromatic heterocycles. The van der Waals surface area contributed by atoms with Gasteiger partial charge in [0.1, 0.15) is 11.6 Å². The third-order valence-corrected chi connectivity index (χ3v) is 8.45. The van der Waals surface area contributed by atoms with Crippen molar-refractivity contribution in [3.8, 4) is 0 Å². The predicted molar refractivity (Wildman–Crippen MR) is 132 cm³/mol. The monoisotopic (exact) mass is 475 g/mol. The summed E-state index contributed by atoms with van der Waals surface area (Å²) in [5.41, 5.74) is 11.7. The van der Waals surface area contributed by atoms with Gasteiger partial charge in [0.15, 0.2) is 0 Å². The van der Waals surface area contributed by atoms with Crippen LogP contribution >= 0.6 is 11.6 Å². The molecule has 3 aliphatic heterocycles. The molecule has 3 aromatic rings. The number of carbonyl (C=O) groups excluding carboxylic acids is 1. The first-order valence-electron chi connectivity index (χ1n) is 12.0. The molecule has 1 aromatic carbocycles. The molecular weight excluding hydrogens is 450 g/mol. The Hall–Kier alpha value is -2.90. The highest BCUT2D eigenvalue weighted by Crippen LogP contribution is 2.57. The van der Waals surface area contributed by atoms with Crippen LogP contribution in [-0.2, 0) is 28.2 Å². The van der Waals surface area contributed by atoms with E-state index in [-0.39, 0.29) is 17.4 Å². The average molecular weight is 476 g/mol. The number of benzene rings is 1. The number of halogens is 1. The molecule has 2 fully saturated rings. The van der Waals surface area contributed by atoms with Crippen molar-refractivity contribution in [2.24, 2.45) is 5.92 Å². The summed E-state index contributed by atoms with van der Waals surface area (Å²) in [5.74, 6) is 2.10. The first kappa shape index (κ1) is 20.5. The third kappa shape index (κ3) is 2.83.